The van der Waals surface area contributed by atoms with Crippen molar-refractivity contribution in [2.75, 3.05) is 13.7 Å². The van der Waals surface area contributed by atoms with Crippen molar-refractivity contribution in [3.8, 4) is 0 Å². The normalized spacial score (nSPS) is 25.2. The van der Waals surface area contributed by atoms with Crippen molar-refractivity contribution < 1.29 is 4.74 Å². The maximum Gasteiger partial charge on any atom is 0.0615 e. The first-order valence-corrected chi connectivity index (χ1v) is 7.63. The second-order valence-electron chi connectivity index (χ2n) is 5.69. The molecule has 0 heterocycles. The monoisotopic (exact) mass is 261 g/mol. The van der Waals surface area contributed by atoms with Crippen molar-refractivity contribution in [2.24, 2.45) is 0 Å². The molecule has 0 amide bonds. The van der Waals surface area contributed by atoms with Crippen LogP contribution >= 0.6 is 0 Å². The van der Waals surface area contributed by atoms with Crippen LogP contribution in [0.5, 0.6) is 0 Å². The number of rotatable bonds is 6. The van der Waals surface area contributed by atoms with Gasteiger partial charge in [-0.3, -0.25) is 0 Å². The second-order valence-corrected chi connectivity index (χ2v) is 5.69. The molecule has 1 atom stereocenters. The van der Waals surface area contributed by atoms with Gasteiger partial charge in [0.05, 0.1) is 6.61 Å². The van der Waals surface area contributed by atoms with E-state index in [1.165, 1.54) is 31.2 Å². The van der Waals surface area contributed by atoms with Crippen LogP contribution in [-0.2, 0) is 4.74 Å². The van der Waals surface area contributed by atoms with Crippen LogP contribution in [0.3, 0.4) is 0 Å². The lowest BCUT2D eigenvalue weighted by Crippen LogP contribution is -2.42. The summed E-state index contributed by atoms with van der Waals surface area (Å²) < 4.78 is 5.26. The number of nitrogens with one attached hydrogen (secondary N) is 1. The highest BCUT2D eigenvalue weighted by Gasteiger charge is 2.23. The molecule has 1 aromatic carbocycles. The Labute approximate surface area is 117 Å². The van der Waals surface area contributed by atoms with Crippen molar-refractivity contribution in [1.29, 1.82) is 0 Å². The summed E-state index contributed by atoms with van der Waals surface area (Å²) in [6, 6.07) is 12.2. The van der Waals surface area contributed by atoms with Crippen LogP contribution in [0.4, 0.5) is 0 Å². The molecule has 0 radical (unpaired) electrons. The molecule has 19 heavy (non-hydrogen) atoms. The van der Waals surface area contributed by atoms with E-state index in [0.717, 1.165) is 18.9 Å². The van der Waals surface area contributed by atoms with E-state index >= 15 is 0 Å². The van der Waals surface area contributed by atoms with E-state index in [9.17, 15) is 0 Å². The summed E-state index contributed by atoms with van der Waals surface area (Å²) in [5, 5.41) is 3.75. The predicted molar refractivity (Wildman–Crippen MR) is 80.5 cm³/mol. The van der Waals surface area contributed by atoms with E-state index < -0.39 is 0 Å². The molecular weight excluding hydrogens is 234 g/mol. The number of ether oxygens (including phenoxy) is 1. The zero-order chi connectivity index (χ0) is 13.5. The third-order valence-electron chi connectivity index (χ3n) is 4.33. The molecule has 106 valence electrons. The Morgan fingerprint density at radius 1 is 1.16 bits per heavy atom. The van der Waals surface area contributed by atoms with Crippen LogP contribution in [0, 0.1) is 0 Å². The van der Waals surface area contributed by atoms with Crippen LogP contribution in [0.15, 0.2) is 30.3 Å². The fourth-order valence-corrected chi connectivity index (χ4v) is 3.14. The lowest BCUT2D eigenvalue weighted by Gasteiger charge is -2.32. The summed E-state index contributed by atoms with van der Waals surface area (Å²) in [6.07, 6.45) is 6.35. The molecule has 2 nitrogen and oxygen atoms in total. The predicted octanol–water partition coefficient (Wildman–Crippen LogP) is 3.73. The highest BCUT2D eigenvalue weighted by molar-refractivity contribution is 5.20. The van der Waals surface area contributed by atoms with Gasteiger partial charge in [0.15, 0.2) is 0 Å². The summed E-state index contributed by atoms with van der Waals surface area (Å²) in [4.78, 5) is 0. The van der Waals surface area contributed by atoms with Gasteiger partial charge in [0.1, 0.15) is 0 Å². The highest BCUT2D eigenvalue weighted by Crippen LogP contribution is 2.32. The minimum absolute atomic E-state index is 0.517. The molecule has 1 N–H and O–H groups in total. The van der Waals surface area contributed by atoms with Crippen molar-refractivity contribution in [3.05, 3.63) is 35.9 Å². The van der Waals surface area contributed by atoms with E-state index in [4.69, 9.17) is 4.74 Å². The molecular formula is C17H27NO. The molecule has 0 bridgehead atoms. The van der Waals surface area contributed by atoms with Crippen molar-refractivity contribution in [2.45, 2.75) is 57.0 Å². The van der Waals surface area contributed by atoms with Crippen LogP contribution in [-0.4, -0.2) is 25.8 Å². The molecule has 2 heteroatoms. The third-order valence-corrected chi connectivity index (χ3v) is 4.33. The Balaban J connectivity index is 1.79. The van der Waals surface area contributed by atoms with E-state index in [2.05, 4.69) is 42.6 Å². The van der Waals surface area contributed by atoms with Crippen molar-refractivity contribution >= 4 is 0 Å². The van der Waals surface area contributed by atoms with Crippen LogP contribution in [0.25, 0.3) is 0 Å². The first-order valence-electron chi connectivity index (χ1n) is 7.63. The van der Waals surface area contributed by atoms with Gasteiger partial charge in [0.25, 0.3) is 0 Å². The smallest absolute Gasteiger partial charge is 0.0615 e. The minimum Gasteiger partial charge on any atom is -0.383 e. The molecule has 0 aromatic heterocycles. The van der Waals surface area contributed by atoms with Gasteiger partial charge in [0, 0.05) is 19.2 Å². The largest absolute Gasteiger partial charge is 0.383 e. The highest BCUT2D eigenvalue weighted by atomic mass is 16.5. The van der Waals surface area contributed by atoms with Gasteiger partial charge in [-0.2, -0.15) is 0 Å². The number of benzene rings is 1. The van der Waals surface area contributed by atoms with Crippen LogP contribution in [0.1, 0.15) is 50.5 Å². The minimum atomic E-state index is 0.517. The first kappa shape index (κ1) is 14.5. The topological polar surface area (TPSA) is 21.3 Å². The van der Waals surface area contributed by atoms with Gasteiger partial charge < -0.3 is 10.1 Å². The van der Waals surface area contributed by atoms with Gasteiger partial charge in [0.2, 0.25) is 0 Å². The Morgan fingerprint density at radius 3 is 2.42 bits per heavy atom. The quantitative estimate of drug-likeness (QED) is 0.842. The number of methoxy groups -OCH3 is 1. The van der Waals surface area contributed by atoms with Crippen LogP contribution in [0.2, 0.25) is 0 Å². The van der Waals surface area contributed by atoms with Crippen molar-refractivity contribution in [1.82, 2.24) is 5.32 Å². The standard InChI is InChI=1S/C17H27NO/c1-3-16(13-19-2)18-17-11-9-15(10-12-17)14-7-5-4-6-8-14/h4-8,15-18H,3,9-13H2,1-2H3. The van der Waals surface area contributed by atoms with E-state index in [1.807, 2.05) is 0 Å². The zero-order valence-corrected chi connectivity index (χ0v) is 12.3. The summed E-state index contributed by atoms with van der Waals surface area (Å²) >= 11 is 0. The lowest BCUT2D eigenvalue weighted by molar-refractivity contribution is 0.152. The fourth-order valence-electron chi connectivity index (χ4n) is 3.14. The summed E-state index contributed by atoms with van der Waals surface area (Å²) in [5.41, 5.74) is 1.52. The van der Waals surface area contributed by atoms with Gasteiger partial charge in [-0.15, -0.1) is 0 Å². The lowest BCUT2D eigenvalue weighted by atomic mass is 9.81. The number of hydrogen-bond acceptors (Lipinski definition) is 2. The maximum absolute atomic E-state index is 5.26. The maximum atomic E-state index is 5.26. The molecule has 1 aliphatic rings. The van der Waals surface area contributed by atoms with Gasteiger partial charge in [-0.1, -0.05) is 37.3 Å². The van der Waals surface area contributed by atoms with E-state index in [-0.39, 0.29) is 0 Å². The SMILES string of the molecule is CCC(COC)NC1CCC(c2ccccc2)CC1. The average Bonchev–Trinajstić information content (AvgIpc) is 2.48. The average molecular weight is 261 g/mol. The molecule has 1 saturated carbocycles. The molecule has 1 unspecified atom stereocenters. The number of hydrogen-bond donors (Lipinski definition) is 1. The molecule has 2 rings (SSSR count). The molecule has 1 fully saturated rings. The Bertz CT molecular complexity index is 344. The molecule has 1 aliphatic carbocycles. The fraction of sp³-hybridized carbons (Fsp3) is 0.647. The third kappa shape index (κ3) is 4.32. The molecule has 1 aromatic rings. The first-order chi connectivity index (χ1) is 9.33. The Morgan fingerprint density at radius 2 is 1.84 bits per heavy atom. The van der Waals surface area contributed by atoms with Gasteiger partial charge in [-0.25, -0.2) is 0 Å². The summed E-state index contributed by atoms with van der Waals surface area (Å²) in [6.45, 7) is 3.06. The summed E-state index contributed by atoms with van der Waals surface area (Å²) in [5.74, 6) is 0.766. The van der Waals surface area contributed by atoms with Crippen LogP contribution < -0.4 is 5.32 Å². The van der Waals surface area contributed by atoms with E-state index in [1.54, 1.807) is 7.11 Å². The van der Waals surface area contributed by atoms with Crippen molar-refractivity contribution in [3.63, 3.8) is 0 Å². The second kappa shape index (κ2) is 7.66. The Kier molecular flexibility index (Phi) is 5.87. The Hall–Kier alpha value is -0.860. The molecule has 0 spiro atoms. The molecule has 0 saturated heterocycles. The van der Waals surface area contributed by atoms with E-state index in [0.29, 0.717) is 12.1 Å². The van der Waals surface area contributed by atoms with Gasteiger partial charge in [-0.05, 0) is 43.6 Å². The zero-order valence-electron chi connectivity index (χ0n) is 12.3. The summed E-state index contributed by atoms with van der Waals surface area (Å²) in [7, 11) is 1.79. The van der Waals surface area contributed by atoms with Gasteiger partial charge >= 0.3 is 0 Å². The molecule has 0 aliphatic heterocycles.